The van der Waals surface area contributed by atoms with Crippen LogP contribution in [-0.4, -0.2) is 34.4 Å². The van der Waals surface area contributed by atoms with Gasteiger partial charge in [-0.05, 0) is 18.8 Å². The van der Waals surface area contributed by atoms with Gasteiger partial charge in [0.25, 0.3) is 0 Å². The quantitative estimate of drug-likeness (QED) is 0.758. The summed E-state index contributed by atoms with van der Waals surface area (Å²) in [5.74, 6) is 1.11. The van der Waals surface area contributed by atoms with Crippen LogP contribution in [-0.2, 0) is 4.79 Å². The van der Waals surface area contributed by atoms with Gasteiger partial charge in [-0.3, -0.25) is 4.79 Å². The Morgan fingerprint density at radius 1 is 1.40 bits per heavy atom. The van der Waals surface area contributed by atoms with Gasteiger partial charge in [0.05, 0.1) is 5.75 Å². The number of anilines is 1. The molecule has 1 amide bonds. The van der Waals surface area contributed by atoms with Crippen LogP contribution in [0.2, 0.25) is 0 Å². The maximum atomic E-state index is 11.8. The highest BCUT2D eigenvalue weighted by Gasteiger charge is 2.17. The third-order valence-electron chi connectivity index (χ3n) is 3.12. The van der Waals surface area contributed by atoms with Crippen LogP contribution < -0.4 is 10.6 Å². The first-order valence-corrected chi connectivity index (χ1v) is 8.93. The minimum absolute atomic E-state index is 0.105. The third-order valence-corrected chi connectivity index (χ3v) is 5.13. The molecule has 1 saturated carbocycles. The van der Waals surface area contributed by atoms with E-state index in [0.717, 1.165) is 28.9 Å². The average Bonchev–Trinajstić information content (AvgIpc) is 3.05. The Morgan fingerprint density at radius 3 is 2.85 bits per heavy atom. The number of thioether (sulfide) groups is 1. The fourth-order valence-corrected chi connectivity index (χ4v) is 3.67. The first kappa shape index (κ1) is 15.6. The topological polar surface area (TPSA) is 66.9 Å². The molecular weight excluding hydrogens is 292 g/mol. The van der Waals surface area contributed by atoms with Crippen LogP contribution in [0.25, 0.3) is 0 Å². The summed E-state index contributed by atoms with van der Waals surface area (Å²) < 4.78 is 0.845. The van der Waals surface area contributed by atoms with Crippen molar-refractivity contribution in [3.05, 3.63) is 0 Å². The molecule has 1 aliphatic rings. The Kier molecular flexibility index (Phi) is 6.09. The van der Waals surface area contributed by atoms with Crippen molar-refractivity contribution in [2.24, 2.45) is 5.92 Å². The largest absolute Gasteiger partial charge is 0.360 e. The lowest BCUT2D eigenvalue weighted by atomic mass is 10.2. The molecule has 1 aliphatic carbocycles. The molecule has 1 aromatic heterocycles. The molecule has 0 aliphatic heterocycles. The number of nitrogens with one attached hydrogen (secondary N) is 2. The van der Waals surface area contributed by atoms with E-state index in [-0.39, 0.29) is 5.91 Å². The van der Waals surface area contributed by atoms with Gasteiger partial charge in [-0.1, -0.05) is 49.8 Å². The van der Waals surface area contributed by atoms with Gasteiger partial charge in [0.15, 0.2) is 4.34 Å². The molecule has 0 radical (unpaired) electrons. The Bertz CT molecular complexity index is 430. The number of hydrogen-bond acceptors (Lipinski definition) is 6. The second-order valence-corrected chi connectivity index (χ2v) is 7.69. The highest BCUT2D eigenvalue weighted by molar-refractivity contribution is 8.01. The molecule has 7 heteroatoms. The molecular formula is C13H22N4OS2. The number of rotatable bonds is 7. The zero-order valence-corrected chi connectivity index (χ0v) is 13.6. The van der Waals surface area contributed by atoms with Crippen LogP contribution in [0.15, 0.2) is 4.34 Å². The van der Waals surface area contributed by atoms with Crippen molar-refractivity contribution >= 4 is 34.1 Å². The molecule has 1 fully saturated rings. The molecule has 0 bridgehead atoms. The summed E-state index contributed by atoms with van der Waals surface area (Å²) in [6.45, 7) is 5.19. The van der Waals surface area contributed by atoms with E-state index in [2.05, 4.69) is 34.7 Å². The minimum Gasteiger partial charge on any atom is -0.360 e. The number of carbonyl (C=O) groups is 1. The summed E-state index contributed by atoms with van der Waals surface area (Å²) in [4.78, 5) is 11.8. The van der Waals surface area contributed by atoms with Crippen molar-refractivity contribution in [3.63, 3.8) is 0 Å². The molecule has 2 rings (SSSR count). The van der Waals surface area contributed by atoms with Crippen LogP contribution in [0.4, 0.5) is 5.13 Å². The highest BCUT2D eigenvalue weighted by atomic mass is 32.2. The van der Waals surface area contributed by atoms with Crippen molar-refractivity contribution in [1.29, 1.82) is 0 Å². The van der Waals surface area contributed by atoms with Crippen LogP contribution in [0.5, 0.6) is 0 Å². The Labute approximate surface area is 128 Å². The van der Waals surface area contributed by atoms with E-state index in [1.54, 1.807) is 0 Å². The summed E-state index contributed by atoms with van der Waals surface area (Å²) in [6, 6.07) is 0.390. The van der Waals surface area contributed by atoms with E-state index in [1.807, 2.05) is 0 Å². The van der Waals surface area contributed by atoms with Crippen molar-refractivity contribution in [1.82, 2.24) is 15.5 Å². The minimum atomic E-state index is 0.105. The zero-order chi connectivity index (χ0) is 14.4. The summed E-state index contributed by atoms with van der Waals surface area (Å²) in [7, 11) is 0. The molecule has 1 aromatic rings. The van der Waals surface area contributed by atoms with Gasteiger partial charge in [0.2, 0.25) is 11.0 Å². The normalized spacial score (nSPS) is 15.8. The number of hydrogen-bond donors (Lipinski definition) is 2. The van der Waals surface area contributed by atoms with Gasteiger partial charge < -0.3 is 10.6 Å². The van der Waals surface area contributed by atoms with Crippen molar-refractivity contribution in [2.45, 2.75) is 49.9 Å². The molecule has 2 N–H and O–H groups in total. The summed E-state index contributed by atoms with van der Waals surface area (Å²) in [5.41, 5.74) is 0. The monoisotopic (exact) mass is 314 g/mol. The Hall–Kier alpha value is -0.820. The molecule has 0 atom stereocenters. The predicted molar refractivity (Wildman–Crippen MR) is 84.4 cm³/mol. The first-order chi connectivity index (χ1) is 9.63. The predicted octanol–water partition coefficient (Wildman–Crippen LogP) is 2.76. The number of aromatic nitrogens is 2. The number of amides is 1. The Morgan fingerprint density at radius 2 is 2.15 bits per heavy atom. The van der Waals surface area contributed by atoms with Gasteiger partial charge in [0.1, 0.15) is 0 Å². The molecule has 112 valence electrons. The lowest BCUT2D eigenvalue weighted by Crippen LogP contribution is -2.33. The lowest BCUT2D eigenvalue weighted by Gasteiger charge is -2.10. The number of nitrogens with zero attached hydrogens (tertiary/aromatic N) is 2. The second kappa shape index (κ2) is 7.83. The van der Waals surface area contributed by atoms with E-state index in [0.29, 0.717) is 17.7 Å². The number of carbonyl (C=O) groups excluding carboxylic acids is 1. The second-order valence-electron chi connectivity index (χ2n) is 5.49. The molecule has 20 heavy (non-hydrogen) atoms. The van der Waals surface area contributed by atoms with Crippen molar-refractivity contribution < 1.29 is 4.79 Å². The van der Waals surface area contributed by atoms with E-state index in [9.17, 15) is 4.79 Å². The molecule has 5 nitrogen and oxygen atoms in total. The smallest absolute Gasteiger partial charge is 0.230 e. The van der Waals surface area contributed by atoms with Crippen LogP contribution in [0, 0.1) is 5.92 Å². The van der Waals surface area contributed by atoms with Gasteiger partial charge in [-0.15, -0.1) is 10.2 Å². The standard InChI is InChI=1S/C13H22N4OS2/c1-9(2)7-14-12-16-17-13(20-12)19-8-11(18)15-10-5-3-4-6-10/h9-10H,3-8H2,1-2H3,(H,14,16)(H,15,18). The van der Waals surface area contributed by atoms with Crippen LogP contribution in [0.1, 0.15) is 39.5 Å². The molecule has 0 spiro atoms. The van der Waals surface area contributed by atoms with Gasteiger partial charge in [-0.2, -0.15) is 0 Å². The van der Waals surface area contributed by atoms with E-state index >= 15 is 0 Å². The van der Waals surface area contributed by atoms with Gasteiger partial charge >= 0.3 is 0 Å². The van der Waals surface area contributed by atoms with Crippen LogP contribution >= 0.6 is 23.1 Å². The van der Waals surface area contributed by atoms with Gasteiger partial charge in [0, 0.05) is 12.6 Å². The SMILES string of the molecule is CC(C)CNc1nnc(SCC(=O)NC2CCCC2)s1. The first-order valence-electron chi connectivity index (χ1n) is 7.13. The van der Waals surface area contributed by atoms with Crippen LogP contribution in [0.3, 0.4) is 0 Å². The van der Waals surface area contributed by atoms with E-state index in [4.69, 9.17) is 0 Å². The molecule has 0 unspecified atom stereocenters. The maximum absolute atomic E-state index is 11.8. The fourth-order valence-electron chi connectivity index (χ4n) is 2.10. The molecule has 0 aromatic carbocycles. The van der Waals surface area contributed by atoms with Crippen molar-refractivity contribution in [3.8, 4) is 0 Å². The van der Waals surface area contributed by atoms with Gasteiger partial charge in [-0.25, -0.2) is 0 Å². The zero-order valence-electron chi connectivity index (χ0n) is 12.0. The summed E-state index contributed by atoms with van der Waals surface area (Å²) >= 11 is 2.97. The fraction of sp³-hybridized carbons (Fsp3) is 0.769. The molecule has 1 heterocycles. The van der Waals surface area contributed by atoms with E-state index < -0.39 is 0 Å². The summed E-state index contributed by atoms with van der Waals surface area (Å²) in [6.07, 6.45) is 4.72. The van der Waals surface area contributed by atoms with E-state index in [1.165, 1.54) is 35.9 Å². The Balaban J connectivity index is 1.69. The third kappa shape index (κ3) is 5.28. The molecule has 0 saturated heterocycles. The average molecular weight is 314 g/mol. The lowest BCUT2D eigenvalue weighted by molar-refractivity contribution is -0.119. The highest BCUT2D eigenvalue weighted by Crippen LogP contribution is 2.25. The van der Waals surface area contributed by atoms with Crippen molar-refractivity contribution in [2.75, 3.05) is 17.6 Å². The maximum Gasteiger partial charge on any atom is 0.230 e. The summed E-state index contributed by atoms with van der Waals surface area (Å²) in [5, 5.41) is 15.3.